The normalized spacial score (nSPS) is 11.9. The molecule has 1 N–H and O–H groups in total. The maximum Gasteiger partial charge on any atom is 0.261 e. The molecular formula is C22H25N3O3. The second-order valence-corrected chi connectivity index (χ2v) is 6.93. The summed E-state index contributed by atoms with van der Waals surface area (Å²) < 4.78 is 11.1. The van der Waals surface area contributed by atoms with Gasteiger partial charge >= 0.3 is 0 Å². The first-order chi connectivity index (χ1) is 13.4. The molecule has 2 aromatic carbocycles. The molecule has 0 aliphatic heterocycles. The maximum atomic E-state index is 12.5. The Balaban J connectivity index is 1.60. The molecule has 0 saturated heterocycles. The van der Waals surface area contributed by atoms with E-state index in [9.17, 15) is 4.79 Å². The van der Waals surface area contributed by atoms with E-state index < -0.39 is 6.10 Å². The quantitative estimate of drug-likeness (QED) is 0.668. The number of hydrogen-bond acceptors (Lipinski definition) is 5. The van der Waals surface area contributed by atoms with Gasteiger partial charge in [0.05, 0.1) is 6.54 Å². The van der Waals surface area contributed by atoms with Crippen LogP contribution in [0.25, 0.3) is 11.4 Å². The molecule has 0 bridgehead atoms. The highest BCUT2D eigenvalue weighted by molar-refractivity contribution is 5.81. The van der Waals surface area contributed by atoms with Gasteiger partial charge in [0.2, 0.25) is 11.7 Å². The van der Waals surface area contributed by atoms with E-state index >= 15 is 0 Å². The molecule has 1 amide bonds. The van der Waals surface area contributed by atoms with Crippen LogP contribution < -0.4 is 10.1 Å². The molecule has 0 spiro atoms. The number of ether oxygens (including phenoxy) is 1. The highest BCUT2D eigenvalue weighted by Crippen LogP contribution is 2.19. The van der Waals surface area contributed by atoms with Crippen LogP contribution in [0.15, 0.2) is 47.0 Å². The first-order valence-corrected chi connectivity index (χ1v) is 9.37. The summed E-state index contributed by atoms with van der Waals surface area (Å²) in [6.07, 6.45) is -0.0298. The van der Waals surface area contributed by atoms with Crippen LogP contribution in [-0.2, 0) is 11.3 Å². The third-order valence-corrected chi connectivity index (χ3v) is 4.33. The van der Waals surface area contributed by atoms with Gasteiger partial charge in [0.25, 0.3) is 5.91 Å². The molecule has 0 fully saturated rings. The zero-order valence-electron chi connectivity index (χ0n) is 16.7. The fourth-order valence-corrected chi connectivity index (χ4v) is 2.91. The number of amides is 1. The number of nitrogens with zero attached hydrogens (tertiary/aromatic N) is 2. The molecule has 6 nitrogen and oxygen atoms in total. The van der Waals surface area contributed by atoms with Gasteiger partial charge in [-0.05, 0) is 50.5 Å². The molecule has 0 radical (unpaired) electrons. The lowest BCUT2D eigenvalue weighted by atomic mass is 10.1. The van der Waals surface area contributed by atoms with Crippen LogP contribution in [0.2, 0.25) is 0 Å². The Labute approximate surface area is 164 Å². The largest absolute Gasteiger partial charge is 0.481 e. The minimum Gasteiger partial charge on any atom is -0.481 e. The van der Waals surface area contributed by atoms with Crippen molar-refractivity contribution in [1.82, 2.24) is 15.5 Å². The number of carbonyl (C=O) groups excluding carboxylic acids is 1. The van der Waals surface area contributed by atoms with Crippen molar-refractivity contribution in [3.63, 3.8) is 0 Å². The van der Waals surface area contributed by atoms with E-state index in [4.69, 9.17) is 9.26 Å². The molecule has 0 aliphatic carbocycles. The van der Waals surface area contributed by atoms with Crippen LogP contribution in [0, 0.1) is 20.8 Å². The molecule has 3 rings (SSSR count). The van der Waals surface area contributed by atoms with Crippen molar-refractivity contribution in [2.75, 3.05) is 0 Å². The van der Waals surface area contributed by atoms with Crippen LogP contribution in [-0.4, -0.2) is 22.2 Å². The molecule has 1 atom stereocenters. The number of hydrogen-bond donors (Lipinski definition) is 1. The average Bonchev–Trinajstić information content (AvgIpc) is 3.13. The van der Waals surface area contributed by atoms with Crippen molar-refractivity contribution >= 4 is 5.91 Å². The number of nitrogens with one attached hydrogen (secondary N) is 1. The van der Waals surface area contributed by atoms with Crippen LogP contribution in [0.3, 0.4) is 0 Å². The van der Waals surface area contributed by atoms with E-state index in [2.05, 4.69) is 21.5 Å². The van der Waals surface area contributed by atoms with Crippen molar-refractivity contribution in [1.29, 1.82) is 0 Å². The lowest BCUT2D eigenvalue weighted by Crippen LogP contribution is -2.37. The van der Waals surface area contributed by atoms with Crippen molar-refractivity contribution in [3.8, 4) is 17.1 Å². The first-order valence-electron chi connectivity index (χ1n) is 9.37. The van der Waals surface area contributed by atoms with Gasteiger partial charge in [0.1, 0.15) is 5.75 Å². The van der Waals surface area contributed by atoms with Gasteiger partial charge in [0, 0.05) is 5.56 Å². The smallest absolute Gasteiger partial charge is 0.261 e. The van der Waals surface area contributed by atoms with Gasteiger partial charge in [-0.2, -0.15) is 4.98 Å². The molecule has 6 heteroatoms. The highest BCUT2D eigenvalue weighted by Gasteiger charge is 2.19. The van der Waals surface area contributed by atoms with Gasteiger partial charge in [-0.1, -0.05) is 48.0 Å². The van der Waals surface area contributed by atoms with Crippen molar-refractivity contribution in [3.05, 3.63) is 65.0 Å². The molecule has 0 aliphatic rings. The van der Waals surface area contributed by atoms with Crippen LogP contribution >= 0.6 is 0 Å². The van der Waals surface area contributed by atoms with Gasteiger partial charge in [-0.25, -0.2) is 0 Å². The minimum atomic E-state index is -0.583. The molecule has 3 aromatic rings. The first kappa shape index (κ1) is 19.6. The predicted octanol–water partition coefficient (Wildman–Crippen LogP) is 4.14. The Morgan fingerprint density at radius 2 is 1.75 bits per heavy atom. The molecule has 1 heterocycles. The summed E-state index contributed by atoms with van der Waals surface area (Å²) in [5.74, 6) is 1.34. The standard InChI is InChI=1S/C22H25N3O3/c1-5-19(27-18-11-15(3)10-16(4)12-18)22(26)23-13-20-24-21(25-28-20)17-8-6-14(2)7-9-17/h6-12,19H,5,13H2,1-4H3,(H,23,26)/t19-/m0/s1. The third-order valence-electron chi connectivity index (χ3n) is 4.33. The summed E-state index contributed by atoms with van der Waals surface area (Å²) in [4.78, 5) is 16.9. The monoisotopic (exact) mass is 379 g/mol. The van der Waals surface area contributed by atoms with E-state index in [1.807, 2.05) is 64.1 Å². The van der Waals surface area contributed by atoms with Crippen LogP contribution in [0.5, 0.6) is 5.75 Å². The Hall–Kier alpha value is -3.15. The van der Waals surface area contributed by atoms with Gasteiger partial charge in [0.15, 0.2) is 6.10 Å². The van der Waals surface area contributed by atoms with Crippen LogP contribution in [0.1, 0.15) is 35.9 Å². The highest BCUT2D eigenvalue weighted by atomic mass is 16.5. The van der Waals surface area contributed by atoms with E-state index in [0.29, 0.717) is 23.9 Å². The van der Waals surface area contributed by atoms with Gasteiger partial charge in [-0.3, -0.25) is 4.79 Å². The maximum absolute atomic E-state index is 12.5. The zero-order valence-corrected chi connectivity index (χ0v) is 16.7. The Morgan fingerprint density at radius 1 is 1.07 bits per heavy atom. The second-order valence-electron chi connectivity index (χ2n) is 6.93. The van der Waals surface area contributed by atoms with Gasteiger partial charge < -0.3 is 14.6 Å². The van der Waals surface area contributed by atoms with E-state index in [-0.39, 0.29) is 12.5 Å². The lowest BCUT2D eigenvalue weighted by molar-refractivity contribution is -0.128. The van der Waals surface area contributed by atoms with Crippen molar-refractivity contribution in [2.24, 2.45) is 0 Å². The fraction of sp³-hybridized carbons (Fsp3) is 0.318. The van der Waals surface area contributed by atoms with Gasteiger partial charge in [-0.15, -0.1) is 0 Å². The molecule has 28 heavy (non-hydrogen) atoms. The molecular weight excluding hydrogens is 354 g/mol. The predicted molar refractivity (Wildman–Crippen MR) is 107 cm³/mol. The summed E-state index contributed by atoms with van der Waals surface area (Å²) in [6, 6.07) is 13.8. The number of carbonyl (C=O) groups is 1. The topological polar surface area (TPSA) is 77.2 Å². The van der Waals surface area contributed by atoms with Crippen molar-refractivity contribution in [2.45, 2.75) is 46.8 Å². The summed E-state index contributed by atoms with van der Waals surface area (Å²) in [7, 11) is 0. The Kier molecular flexibility index (Phi) is 6.09. The number of aromatic nitrogens is 2. The lowest BCUT2D eigenvalue weighted by Gasteiger charge is -2.17. The fourth-order valence-electron chi connectivity index (χ4n) is 2.91. The van der Waals surface area contributed by atoms with E-state index in [1.54, 1.807) is 0 Å². The summed E-state index contributed by atoms with van der Waals surface area (Å²) in [5.41, 5.74) is 4.23. The average molecular weight is 379 g/mol. The molecule has 0 unspecified atom stereocenters. The minimum absolute atomic E-state index is 0.157. The molecule has 1 aromatic heterocycles. The SMILES string of the molecule is CC[C@H](Oc1cc(C)cc(C)c1)C(=O)NCc1nc(-c2ccc(C)cc2)no1. The van der Waals surface area contributed by atoms with Crippen LogP contribution in [0.4, 0.5) is 0 Å². The third kappa shape index (κ3) is 4.97. The molecule has 0 saturated carbocycles. The van der Waals surface area contributed by atoms with E-state index in [0.717, 1.165) is 22.3 Å². The summed E-state index contributed by atoms with van der Waals surface area (Å²) >= 11 is 0. The zero-order chi connectivity index (χ0) is 20.1. The number of benzene rings is 2. The number of rotatable bonds is 7. The van der Waals surface area contributed by atoms with Crippen molar-refractivity contribution < 1.29 is 14.1 Å². The van der Waals surface area contributed by atoms with E-state index in [1.165, 1.54) is 0 Å². The Bertz CT molecular complexity index is 928. The molecule has 146 valence electrons. The second kappa shape index (κ2) is 8.69. The summed E-state index contributed by atoms with van der Waals surface area (Å²) in [6.45, 7) is 8.09. The number of aryl methyl sites for hydroxylation is 3. The summed E-state index contributed by atoms with van der Waals surface area (Å²) in [5, 5.41) is 6.79. The Morgan fingerprint density at radius 3 is 2.39 bits per heavy atom.